The van der Waals surface area contributed by atoms with E-state index in [1.54, 1.807) is 11.3 Å². The van der Waals surface area contributed by atoms with Gasteiger partial charge in [0, 0.05) is 24.8 Å². The van der Waals surface area contributed by atoms with Crippen LogP contribution in [0.2, 0.25) is 0 Å². The lowest BCUT2D eigenvalue weighted by Gasteiger charge is -2.34. The maximum Gasteiger partial charge on any atom is 0.217 e. The molecule has 0 saturated heterocycles. The van der Waals surface area contributed by atoms with Gasteiger partial charge in [-0.3, -0.25) is 4.79 Å². The van der Waals surface area contributed by atoms with Crippen LogP contribution in [0.5, 0.6) is 5.75 Å². The van der Waals surface area contributed by atoms with Crippen LogP contribution in [0, 0.1) is 11.3 Å². The first kappa shape index (κ1) is 19.1. The van der Waals surface area contributed by atoms with Gasteiger partial charge in [-0.1, -0.05) is 5.16 Å². The number of nitriles is 1. The van der Waals surface area contributed by atoms with Crippen molar-refractivity contribution < 1.29 is 14.1 Å². The second-order valence-corrected chi connectivity index (χ2v) is 9.24. The Balaban J connectivity index is 1.25. The first-order valence-electron chi connectivity index (χ1n) is 10.3. The molecule has 1 aromatic carbocycles. The zero-order chi connectivity index (χ0) is 20.8. The quantitative estimate of drug-likeness (QED) is 0.625. The Kier molecular flexibility index (Phi) is 4.70. The van der Waals surface area contributed by atoms with E-state index < -0.39 is 0 Å². The van der Waals surface area contributed by atoms with Crippen LogP contribution < -0.4 is 10.1 Å². The molecular weight excluding hydrogens is 400 g/mol. The molecule has 0 bridgehead atoms. The fourth-order valence-electron chi connectivity index (χ4n) is 3.86. The molecule has 1 amide bonds. The number of hydrogen-bond donors (Lipinski definition) is 1. The predicted octanol–water partition coefficient (Wildman–Crippen LogP) is 4.56. The average molecular weight is 423 g/mol. The number of fused-ring (bicyclic) bond motifs is 1. The van der Waals surface area contributed by atoms with Crippen molar-refractivity contribution in [2.75, 3.05) is 0 Å². The lowest BCUT2D eigenvalue weighted by molar-refractivity contribution is -0.119. The zero-order valence-corrected chi connectivity index (χ0v) is 17.7. The molecular formula is C22H22N4O3S. The summed E-state index contributed by atoms with van der Waals surface area (Å²) in [7, 11) is 0. The Morgan fingerprint density at radius 2 is 2.17 bits per heavy atom. The molecule has 8 heteroatoms. The van der Waals surface area contributed by atoms with E-state index in [4.69, 9.17) is 14.2 Å². The Morgan fingerprint density at radius 1 is 1.37 bits per heavy atom. The van der Waals surface area contributed by atoms with Gasteiger partial charge in [0.1, 0.15) is 23.5 Å². The Hall–Kier alpha value is -2.92. The molecule has 30 heavy (non-hydrogen) atoms. The zero-order valence-electron chi connectivity index (χ0n) is 16.8. The van der Waals surface area contributed by atoms with Crippen molar-refractivity contribution in [2.24, 2.45) is 0 Å². The third kappa shape index (κ3) is 3.54. The van der Waals surface area contributed by atoms with Crippen LogP contribution in [0.15, 0.2) is 22.7 Å². The molecule has 0 spiro atoms. The van der Waals surface area contributed by atoms with Crippen molar-refractivity contribution in [1.29, 1.82) is 5.26 Å². The highest BCUT2D eigenvalue weighted by atomic mass is 32.1. The van der Waals surface area contributed by atoms with Crippen LogP contribution in [0.1, 0.15) is 79.4 Å². The van der Waals surface area contributed by atoms with Gasteiger partial charge in [0.2, 0.25) is 5.91 Å². The number of nitrogens with one attached hydrogen (secondary N) is 1. The molecule has 0 unspecified atom stereocenters. The maximum absolute atomic E-state index is 11.2. The van der Waals surface area contributed by atoms with Gasteiger partial charge < -0.3 is 14.6 Å². The molecule has 0 aliphatic heterocycles. The number of hydrogen-bond acceptors (Lipinski definition) is 7. The first-order valence-corrected chi connectivity index (χ1v) is 11.1. The highest BCUT2D eigenvalue weighted by Crippen LogP contribution is 2.45. The number of aromatic nitrogens is 2. The first-order chi connectivity index (χ1) is 14.5. The molecule has 2 aliphatic carbocycles. The third-order valence-electron chi connectivity index (χ3n) is 5.77. The minimum atomic E-state index is -0.208. The second kappa shape index (κ2) is 7.40. The molecule has 5 rings (SSSR count). The molecule has 2 heterocycles. The van der Waals surface area contributed by atoms with Crippen molar-refractivity contribution in [3.63, 3.8) is 0 Å². The standard InChI is InChI=1S/C22H22N4O3S/c1-11(24-12(2)27)20-9-18(26-29-20)14-7-15(8-14)28-19-6-5-17-21(16(19)10-23)30-22(25-17)13-3-4-13/h5-6,9,11,13-15H,3-4,7-8H2,1-2H3,(H,24,27)/t11-,14?,15?/m0/s1. The van der Waals surface area contributed by atoms with E-state index in [9.17, 15) is 10.1 Å². The van der Waals surface area contributed by atoms with Gasteiger partial charge in [-0.05, 0) is 44.7 Å². The highest BCUT2D eigenvalue weighted by molar-refractivity contribution is 7.19. The lowest BCUT2D eigenvalue weighted by atomic mass is 9.80. The summed E-state index contributed by atoms with van der Waals surface area (Å²) in [6, 6.07) is 7.85. The number of rotatable bonds is 6. The summed E-state index contributed by atoms with van der Waals surface area (Å²) in [5.41, 5.74) is 2.36. The molecule has 3 aromatic rings. The van der Waals surface area contributed by atoms with Gasteiger partial charge in [-0.25, -0.2) is 4.98 Å². The number of nitrogens with zero attached hydrogens (tertiary/aromatic N) is 3. The number of thiazole rings is 1. The van der Waals surface area contributed by atoms with Crippen molar-refractivity contribution >= 4 is 27.5 Å². The predicted molar refractivity (Wildman–Crippen MR) is 111 cm³/mol. The minimum Gasteiger partial charge on any atom is -0.489 e. The van der Waals surface area contributed by atoms with Gasteiger partial charge in [0.15, 0.2) is 5.76 Å². The minimum absolute atomic E-state index is 0.0447. The van der Waals surface area contributed by atoms with Crippen LogP contribution in [-0.2, 0) is 4.79 Å². The number of carbonyl (C=O) groups is 1. The largest absolute Gasteiger partial charge is 0.489 e. The van der Waals surface area contributed by atoms with E-state index in [-0.39, 0.29) is 24.0 Å². The topological polar surface area (TPSA) is 101 Å². The summed E-state index contributed by atoms with van der Waals surface area (Å²) < 4.78 is 12.5. The summed E-state index contributed by atoms with van der Waals surface area (Å²) in [5, 5.41) is 17.8. The van der Waals surface area contributed by atoms with E-state index in [0.717, 1.165) is 33.8 Å². The van der Waals surface area contributed by atoms with Crippen LogP contribution in [0.4, 0.5) is 0 Å². The molecule has 7 nitrogen and oxygen atoms in total. The summed E-state index contributed by atoms with van der Waals surface area (Å²) in [6.45, 7) is 3.35. The summed E-state index contributed by atoms with van der Waals surface area (Å²) in [6.07, 6.45) is 4.08. The van der Waals surface area contributed by atoms with Crippen LogP contribution in [0.3, 0.4) is 0 Å². The summed E-state index contributed by atoms with van der Waals surface area (Å²) in [4.78, 5) is 15.9. The smallest absolute Gasteiger partial charge is 0.217 e. The van der Waals surface area contributed by atoms with Gasteiger partial charge in [-0.2, -0.15) is 5.26 Å². The number of benzene rings is 1. The molecule has 1 N–H and O–H groups in total. The van der Waals surface area contributed by atoms with Crippen molar-refractivity contribution in [3.05, 3.63) is 40.2 Å². The highest BCUT2D eigenvalue weighted by Gasteiger charge is 2.35. The third-order valence-corrected chi connectivity index (χ3v) is 7.03. The van der Waals surface area contributed by atoms with Gasteiger partial charge in [0.05, 0.1) is 27.0 Å². The Bertz CT molecular complexity index is 1150. The van der Waals surface area contributed by atoms with Crippen molar-refractivity contribution in [3.8, 4) is 11.8 Å². The van der Waals surface area contributed by atoms with E-state index in [1.807, 2.05) is 25.1 Å². The maximum atomic E-state index is 11.2. The number of amides is 1. The normalized spacial score (nSPS) is 21.6. The molecule has 2 saturated carbocycles. The monoisotopic (exact) mass is 422 g/mol. The van der Waals surface area contributed by atoms with Gasteiger partial charge in [0.25, 0.3) is 0 Å². The molecule has 2 fully saturated rings. The Morgan fingerprint density at radius 3 is 2.87 bits per heavy atom. The molecule has 0 radical (unpaired) electrons. The van der Waals surface area contributed by atoms with Crippen molar-refractivity contribution in [2.45, 2.75) is 63.5 Å². The molecule has 1 atom stereocenters. The number of carbonyl (C=O) groups excluding carboxylic acids is 1. The SMILES string of the molecule is CC(=O)N[C@@H](C)c1cc(C2CC(Oc3ccc4nc(C5CC5)sc4c3C#N)C2)no1. The van der Waals surface area contributed by atoms with E-state index in [2.05, 4.69) is 16.5 Å². The molecule has 2 aliphatic rings. The lowest BCUT2D eigenvalue weighted by Crippen LogP contribution is -2.32. The number of ether oxygens (including phenoxy) is 1. The van der Waals surface area contributed by atoms with Crippen LogP contribution >= 0.6 is 11.3 Å². The molecule has 154 valence electrons. The summed E-state index contributed by atoms with van der Waals surface area (Å²) >= 11 is 1.63. The fraction of sp³-hybridized carbons (Fsp3) is 0.455. The van der Waals surface area contributed by atoms with E-state index in [0.29, 0.717) is 23.0 Å². The fourth-order valence-corrected chi connectivity index (χ4v) is 5.08. The van der Waals surface area contributed by atoms with Crippen LogP contribution in [-0.4, -0.2) is 22.2 Å². The van der Waals surface area contributed by atoms with Gasteiger partial charge in [-0.15, -0.1) is 11.3 Å². The van der Waals surface area contributed by atoms with Crippen LogP contribution in [0.25, 0.3) is 10.2 Å². The van der Waals surface area contributed by atoms with Gasteiger partial charge >= 0.3 is 0 Å². The summed E-state index contributed by atoms with van der Waals surface area (Å²) in [5.74, 6) is 2.02. The van der Waals surface area contributed by atoms with Crippen molar-refractivity contribution in [1.82, 2.24) is 15.5 Å². The second-order valence-electron chi connectivity index (χ2n) is 8.21. The average Bonchev–Trinajstić information content (AvgIpc) is 3.25. The van der Waals surface area contributed by atoms with E-state index in [1.165, 1.54) is 19.8 Å². The Labute approximate surface area is 178 Å². The van der Waals surface area contributed by atoms with E-state index >= 15 is 0 Å². The molecule has 2 aromatic heterocycles.